The summed E-state index contributed by atoms with van der Waals surface area (Å²) >= 11 is 2.86. The van der Waals surface area contributed by atoms with Crippen LogP contribution in [-0.4, -0.2) is 11.7 Å². The first-order valence-electron chi connectivity index (χ1n) is 4.26. The van der Waals surface area contributed by atoms with E-state index in [1.54, 1.807) is 0 Å². The molecule has 0 saturated heterocycles. The van der Waals surface area contributed by atoms with Crippen LogP contribution in [0.5, 0.6) is 5.75 Å². The maximum Gasteiger partial charge on any atom is 0.420 e. The summed E-state index contributed by atoms with van der Waals surface area (Å²) in [6.07, 6.45) is -4.36. The van der Waals surface area contributed by atoms with Gasteiger partial charge in [-0.15, -0.1) is 0 Å². The maximum absolute atomic E-state index is 12.5. The van der Waals surface area contributed by atoms with Crippen molar-refractivity contribution in [1.82, 2.24) is 0 Å². The molecular formula is C9H9BrF3NO2. The summed E-state index contributed by atoms with van der Waals surface area (Å²) in [4.78, 5) is 4.28. The highest BCUT2D eigenvalue weighted by atomic mass is 79.9. The Morgan fingerprint density at radius 1 is 1.38 bits per heavy atom. The van der Waals surface area contributed by atoms with Crippen molar-refractivity contribution in [3.05, 3.63) is 27.7 Å². The Labute approximate surface area is 98.1 Å². The fourth-order valence-corrected chi connectivity index (χ4v) is 1.70. The third-order valence-electron chi connectivity index (χ3n) is 1.94. The second-order valence-electron chi connectivity index (χ2n) is 3.09. The van der Waals surface area contributed by atoms with Crippen molar-refractivity contribution >= 4 is 15.9 Å². The number of alkyl halides is 3. The Morgan fingerprint density at radius 2 is 2.00 bits per heavy atom. The molecule has 0 aromatic heterocycles. The summed E-state index contributed by atoms with van der Waals surface area (Å²) in [5.41, 5.74) is -0.698. The lowest BCUT2D eigenvalue weighted by Crippen LogP contribution is -2.08. The summed E-state index contributed by atoms with van der Waals surface area (Å²) in [6, 6.07) is 2.27. The topological polar surface area (TPSA) is 55.5 Å². The van der Waals surface area contributed by atoms with Gasteiger partial charge >= 0.3 is 6.18 Å². The molecule has 1 rings (SSSR count). The minimum absolute atomic E-state index is 0.00523. The lowest BCUT2D eigenvalue weighted by atomic mass is 10.1. The molecule has 3 N–H and O–H groups in total. The van der Waals surface area contributed by atoms with Gasteiger partial charge in [-0.05, 0) is 40.0 Å². The highest BCUT2D eigenvalue weighted by Crippen LogP contribution is 2.40. The third-order valence-corrected chi connectivity index (χ3v) is 2.54. The highest BCUT2D eigenvalue weighted by molar-refractivity contribution is 9.10. The number of hydrogen-bond acceptors (Lipinski definition) is 3. The number of phenols is 1. The zero-order valence-corrected chi connectivity index (χ0v) is 9.60. The van der Waals surface area contributed by atoms with Crippen LogP contribution in [0, 0.1) is 0 Å². The number of benzene rings is 1. The van der Waals surface area contributed by atoms with Crippen molar-refractivity contribution in [2.45, 2.75) is 12.6 Å². The predicted octanol–water partition coefficient (Wildman–Crippen LogP) is 2.61. The molecule has 0 amide bonds. The lowest BCUT2D eigenvalue weighted by Gasteiger charge is -2.12. The number of phenolic OH excluding ortho intramolecular Hbond substituents is 1. The Bertz CT molecular complexity index is 382. The van der Waals surface area contributed by atoms with Gasteiger partial charge in [0.05, 0.1) is 16.6 Å². The Kier molecular flexibility index (Phi) is 4.17. The van der Waals surface area contributed by atoms with E-state index in [1.807, 2.05) is 0 Å². The molecule has 0 spiro atoms. The van der Waals surface area contributed by atoms with Crippen LogP contribution in [0.4, 0.5) is 13.2 Å². The minimum atomic E-state index is -4.59. The predicted molar refractivity (Wildman–Crippen MR) is 54.7 cm³/mol. The van der Waals surface area contributed by atoms with Crippen LogP contribution in [0.1, 0.15) is 11.1 Å². The molecule has 3 nitrogen and oxygen atoms in total. The lowest BCUT2D eigenvalue weighted by molar-refractivity contribution is -0.138. The molecule has 0 fully saturated rings. The van der Waals surface area contributed by atoms with Crippen molar-refractivity contribution in [2.75, 3.05) is 6.61 Å². The molecule has 1 aromatic carbocycles. The van der Waals surface area contributed by atoms with E-state index >= 15 is 0 Å². The molecule has 0 aliphatic carbocycles. The molecular weight excluding hydrogens is 291 g/mol. The van der Waals surface area contributed by atoms with Gasteiger partial charge in [0.15, 0.2) is 0 Å². The fraction of sp³-hybridized carbons (Fsp3) is 0.333. The first-order chi connectivity index (χ1) is 7.36. The van der Waals surface area contributed by atoms with Gasteiger partial charge in [-0.3, -0.25) is 0 Å². The van der Waals surface area contributed by atoms with Crippen molar-refractivity contribution in [1.29, 1.82) is 0 Å². The molecule has 1 aromatic rings. The van der Waals surface area contributed by atoms with Crippen molar-refractivity contribution < 1.29 is 23.1 Å². The van der Waals surface area contributed by atoms with Gasteiger partial charge in [0, 0.05) is 0 Å². The molecule has 0 atom stereocenters. The van der Waals surface area contributed by atoms with E-state index in [9.17, 15) is 18.3 Å². The van der Waals surface area contributed by atoms with Gasteiger partial charge in [0.1, 0.15) is 5.75 Å². The molecule has 0 radical (unpaired) electrons. The highest BCUT2D eigenvalue weighted by Gasteiger charge is 2.35. The number of nitrogens with two attached hydrogens (primary N) is 1. The van der Waals surface area contributed by atoms with Crippen LogP contribution < -0.4 is 5.90 Å². The number of rotatable bonds is 3. The van der Waals surface area contributed by atoms with Crippen LogP contribution in [0.25, 0.3) is 0 Å². The SMILES string of the molecule is NOCCc1cc(Br)c(O)c(C(F)(F)F)c1. The number of aromatic hydroxyl groups is 1. The maximum atomic E-state index is 12.5. The average molecular weight is 300 g/mol. The number of halogens is 4. The van der Waals surface area contributed by atoms with Gasteiger partial charge in [-0.2, -0.15) is 13.2 Å². The van der Waals surface area contributed by atoms with E-state index in [2.05, 4.69) is 20.8 Å². The summed E-state index contributed by atoms with van der Waals surface area (Å²) in [5.74, 6) is 3.97. The molecule has 0 aliphatic heterocycles. The largest absolute Gasteiger partial charge is 0.506 e. The molecule has 0 bridgehead atoms. The molecule has 7 heteroatoms. The second kappa shape index (κ2) is 5.03. The molecule has 16 heavy (non-hydrogen) atoms. The monoisotopic (exact) mass is 299 g/mol. The molecule has 0 aliphatic rings. The molecule has 0 heterocycles. The van der Waals surface area contributed by atoms with Crippen LogP contribution in [0.2, 0.25) is 0 Å². The van der Waals surface area contributed by atoms with E-state index in [0.717, 1.165) is 6.07 Å². The first-order valence-corrected chi connectivity index (χ1v) is 5.06. The minimum Gasteiger partial charge on any atom is -0.506 e. The van der Waals surface area contributed by atoms with E-state index in [-0.39, 0.29) is 17.5 Å². The van der Waals surface area contributed by atoms with Gasteiger partial charge in [-0.1, -0.05) is 0 Å². The zero-order valence-electron chi connectivity index (χ0n) is 8.01. The van der Waals surface area contributed by atoms with Crippen LogP contribution in [-0.2, 0) is 17.4 Å². The molecule has 0 unspecified atom stereocenters. The Hall–Kier alpha value is -0.790. The summed E-state index contributed by atoms with van der Waals surface area (Å²) in [7, 11) is 0. The summed E-state index contributed by atoms with van der Waals surface area (Å²) in [5, 5.41) is 9.26. The Balaban J connectivity index is 3.12. The van der Waals surface area contributed by atoms with E-state index < -0.39 is 17.5 Å². The van der Waals surface area contributed by atoms with Crippen molar-refractivity contribution in [3.8, 4) is 5.75 Å². The molecule has 0 saturated carbocycles. The first kappa shape index (κ1) is 13.3. The second-order valence-corrected chi connectivity index (χ2v) is 3.95. The molecule has 90 valence electrons. The average Bonchev–Trinajstić information content (AvgIpc) is 2.17. The van der Waals surface area contributed by atoms with E-state index in [4.69, 9.17) is 5.90 Å². The van der Waals surface area contributed by atoms with Gasteiger partial charge in [0.25, 0.3) is 0 Å². The smallest absolute Gasteiger partial charge is 0.420 e. The Morgan fingerprint density at radius 3 is 2.50 bits per heavy atom. The third kappa shape index (κ3) is 3.10. The standard InChI is InChI=1S/C9H9BrF3NO2/c10-7-4-5(1-2-16-14)3-6(8(7)15)9(11,12)13/h3-4,15H,1-2,14H2. The van der Waals surface area contributed by atoms with Crippen LogP contribution in [0.3, 0.4) is 0 Å². The van der Waals surface area contributed by atoms with Crippen LogP contribution >= 0.6 is 15.9 Å². The summed E-state index contributed by atoms with van der Waals surface area (Å²) in [6.45, 7) is 0.106. The normalized spacial score (nSPS) is 11.8. The quantitative estimate of drug-likeness (QED) is 0.844. The fourth-order valence-electron chi connectivity index (χ4n) is 1.19. The number of hydrogen-bond donors (Lipinski definition) is 2. The van der Waals surface area contributed by atoms with Crippen LogP contribution in [0.15, 0.2) is 16.6 Å². The summed E-state index contributed by atoms with van der Waals surface area (Å²) < 4.78 is 37.5. The van der Waals surface area contributed by atoms with E-state index in [0.29, 0.717) is 5.56 Å². The van der Waals surface area contributed by atoms with Gasteiger partial charge < -0.3 is 9.94 Å². The van der Waals surface area contributed by atoms with Gasteiger partial charge in [-0.25, -0.2) is 5.90 Å². The van der Waals surface area contributed by atoms with Crippen molar-refractivity contribution in [3.63, 3.8) is 0 Å². The zero-order chi connectivity index (χ0) is 12.3. The van der Waals surface area contributed by atoms with Gasteiger partial charge in [0.2, 0.25) is 0 Å². The van der Waals surface area contributed by atoms with Crippen molar-refractivity contribution in [2.24, 2.45) is 5.90 Å². The van der Waals surface area contributed by atoms with E-state index in [1.165, 1.54) is 6.07 Å².